The molecule has 5 nitrogen and oxygen atoms in total. The molecule has 0 radical (unpaired) electrons. The van der Waals surface area contributed by atoms with Gasteiger partial charge in [0.05, 0.1) is 13.2 Å². The van der Waals surface area contributed by atoms with Gasteiger partial charge in [-0.3, -0.25) is 9.89 Å². The summed E-state index contributed by atoms with van der Waals surface area (Å²) in [5, 5.41) is 6.88. The van der Waals surface area contributed by atoms with Gasteiger partial charge in [-0.05, 0) is 51.0 Å². The van der Waals surface area contributed by atoms with Crippen molar-refractivity contribution < 1.29 is 4.74 Å². The topological polar surface area (TPSA) is 48.9 Å². The summed E-state index contributed by atoms with van der Waals surface area (Å²) in [5.74, 6) is 0.999. The van der Waals surface area contributed by atoms with E-state index < -0.39 is 0 Å². The molecule has 1 aliphatic carbocycles. The first-order chi connectivity index (χ1) is 11.3. The number of guanidine groups is 1. The Morgan fingerprint density at radius 1 is 1.13 bits per heavy atom. The summed E-state index contributed by atoms with van der Waals surface area (Å²) in [6, 6.07) is 0. The monoisotopic (exact) mass is 324 g/mol. The van der Waals surface area contributed by atoms with Crippen molar-refractivity contribution in [1.29, 1.82) is 0 Å². The van der Waals surface area contributed by atoms with Crippen LogP contribution in [0.2, 0.25) is 0 Å². The van der Waals surface area contributed by atoms with E-state index in [1.54, 1.807) is 0 Å². The average Bonchev–Trinajstić information content (AvgIpc) is 2.54. The molecule has 2 rings (SSSR count). The van der Waals surface area contributed by atoms with Crippen LogP contribution in [-0.4, -0.2) is 63.3 Å². The minimum atomic E-state index is 0.499. The van der Waals surface area contributed by atoms with Gasteiger partial charge in [-0.25, -0.2) is 0 Å². The molecule has 0 atom stereocenters. The zero-order valence-electron chi connectivity index (χ0n) is 15.2. The van der Waals surface area contributed by atoms with Crippen LogP contribution in [0, 0.1) is 5.41 Å². The lowest BCUT2D eigenvalue weighted by molar-refractivity contribution is 0.0372. The van der Waals surface area contributed by atoms with Gasteiger partial charge in [-0.15, -0.1) is 0 Å². The molecule has 2 fully saturated rings. The molecular formula is C18H36N4O. The third-order valence-corrected chi connectivity index (χ3v) is 5.38. The summed E-state index contributed by atoms with van der Waals surface area (Å²) in [4.78, 5) is 7.34. The second kappa shape index (κ2) is 10.1. The van der Waals surface area contributed by atoms with E-state index in [0.29, 0.717) is 5.41 Å². The Hall–Kier alpha value is -0.810. The fourth-order valence-electron chi connectivity index (χ4n) is 3.38. The fourth-order valence-corrected chi connectivity index (χ4v) is 3.38. The molecule has 0 aromatic heterocycles. The number of unbranched alkanes of at least 4 members (excludes halogenated alkanes) is 1. The van der Waals surface area contributed by atoms with E-state index in [2.05, 4.69) is 29.4 Å². The molecule has 0 aromatic carbocycles. The summed E-state index contributed by atoms with van der Waals surface area (Å²) in [6.07, 6.45) is 7.79. The summed E-state index contributed by atoms with van der Waals surface area (Å²) in [6.45, 7) is 12.5. The van der Waals surface area contributed by atoms with Gasteiger partial charge < -0.3 is 15.4 Å². The van der Waals surface area contributed by atoms with Crippen LogP contribution in [0.1, 0.15) is 52.4 Å². The van der Waals surface area contributed by atoms with Crippen LogP contribution in [0.4, 0.5) is 0 Å². The first-order valence-corrected chi connectivity index (χ1v) is 9.60. The lowest BCUT2D eigenvalue weighted by Crippen LogP contribution is -2.40. The van der Waals surface area contributed by atoms with Crippen LogP contribution in [0.5, 0.6) is 0 Å². The molecule has 2 aliphatic rings. The first kappa shape index (κ1) is 18.5. The summed E-state index contributed by atoms with van der Waals surface area (Å²) in [7, 11) is 0. The molecule has 23 heavy (non-hydrogen) atoms. The largest absolute Gasteiger partial charge is 0.379 e. The Morgan fingerprint density at radius 3 is 2.52 bits per heavy atom. The fraction of sp³-hybridized carbons (Fsp3) is 0.944. The van der Waals surface area contributed by atoms with Gasteiger partial charge in [-0.2, -0.15) is 0 Å². The number of ether oxygens (including phenoxy) is 1. The van der Waals surface area contributed by atoms with Gasteiger partial charge in [0.1, 0.15) is 0 Å². The summed E-state index contributed by atoms with van der Waals surface area (Å²) < 4.78 is 5.39. The van der Waals surface area contributed by atoms with Crippen LogP contribution in [0.15, 0.2) is 4.99 Å². The quantitative estimate of drug-likeness (QED) is 0.388. The van der Waals surface area contributed by atoms with Gasteiger partial charge in [0.2, 0.25) is 0 Å². The molecule has 5 heteroatoms. The van der Waals surface area contributed by atoms with Crippen molar-refractivity contribution >= 4 is 5.96 Å². The number of morpholine rings is 1. The van der Waals surface area contributed by atoms with E-state index in [0.717, 1.165) is 51.9 Å². The highest BCUT2D eigenvalue weighted by Crippen LogP contribution is 2.43. The minimum Gasteiger partial charge on any atom is -0.379 e. The second-order valence-corrected chi connectivity index (χ2v) is 6.99. The minimum absolute atomic E-state index is 0.499. The van der Waals surface area contributed by atoms with E-state index >= 15 is 0 Å². The van der Waals surface area contributed by atoms with Crippen molar-refractivity contribution in [3.63, 3.8) is 0 Å². The Bertz CT molecular complexity index is 343. The molecule has 1 saturated carbocycles. The molecule has 0 amide bonds. The Balaban J connectivity index is 1.61. The number of hydrogen-bond acceptors (Lipinski definition) is 3. The van der Waals surface area contributed by atoms with E-state index in [4.69, 9.17) is 9.73 Å². The van der Waals surface area contributed by atoms with Crippen molar-refractivity contribution in [3.8, 4) is 0 Å². The van der Waals surface area contributed by atoms with Crippen LogP contribution in [0.25, 0.3) is 0 Å². The maximum absolute atomic E-state index is 5.39. The van der Waals surface area contributed by atoms with Gasteiger partial charge in [0.25, 0.3) is 0 Å². The highest BCUT2D eigenvalue weighted by molar-refractivity contribution is 5.79. The molecule has 0 bridgehead atoms. The smallest absolute Gasteiger partial charge is 0.191 e. The summed E-state index contributed by atoms with van der Waals surface area (Å²) in [5.41, 5.74) is 0.499. The third-order valence-electron chi connectivity index (χ3n) is 5.38. The van der Waals surface area contributed by atoms with Crippen LogP contribution < -0.4 is 10.6 Å². The van der Waals surface area contributed by atoms with Gasteiger partial charge in [0.15, 0.2) is 5.96 Å². The molecule has 1 aliphatic heterocycles. The Morgan fingerprint density at radius 2 is 1.91 bits per heavy atom. The predicted octanol–water partition coefficient (Wildman–Crippen LogP) is 2.23. The number of rotatable bonds is 9. The van der Waals surface area contributed by atoms with E-state index in [9.17, 15) is 0 Å². The van der Waals surface area contributed by atoms with Crippen molar-refractivity contribution in [3.05, 3.63) is 0 Å². The standard InChI is InChI=1S/C18H36N4O/c1-3-18(8-7-9-18)16-21-17(19-4-2)20-10-5-6-11-22-12-14-23-15-13-22/h3-16H2,1-2H3,(H2,19,20,21). The van der Waals surface area contributed by atoms with E-state index in [1.807, 2.05) is 0 Å². The second-order valence-electron chi connectivity index (χ2n) is 6.99. The highest BCUT2D eigenvalue weighted by Gasteiger charge is 2.34. The predicted molar refractivity (Wildman–Crippen MR) is 97.0 cm³/mol. The van der Waals surface area contributed by atoms with Crippen LogP contribution in [0.3, 0.4) is 0 Å². The van der Waals surface area contributed by atoms with Crippen molar-refractivity contribution in [2.24, 2.45) is 10.4 Å². The Kier molecular flexibility index (Phi) is 8.17. The maximum Gasteiger partial charge on any atom is 0.191 e. The summed E-state index contributed by atoms with van der Waals surface area (Å²) >= 11 is 0. The SMILES string of the molecule is CCNC(=NCC1(CC)CCC1)NCCCCN1CCOCC1. The lowest BCUT2D eigenvalue weighted by Gasteiger charge is -2.40. The zero-order valence-corrected chi connectivity index (χ0v) is 15.2. The Labute approximate surface area is 142 Å². The molecule has 134 valence electrons. The third kappa shape index (κ3) is 6.30. The van der Waals surface area contributed by atoms with Gasteiger partial charge in [-0.1, -0.05) is 13.3 Å². The normalized spacial score (nSPS) is 21.7. The van der Waals surface area contributed by atoms with E-state index in [-0.39, 0.29) is 0 Å². The van der Waals surface area contributed by atoms with Gasteiger partial charge >= 0.3 is 0 Å². The number of nitrogens with one attached hydrogen (secondary N) is 2. The average molecular weight is 325 g/mol. The van der Waals surface area contributed by atoms with E-state index in [1.165, 1.54) is 45.1 Å². The number of nitrogens with zero attached hydrogens (tertiary/aromatic N) is 2. The first-order valence-electron chi connectivity index (χ1n) is 9.60. The van der Waals surface area contributed by atoms with Crippen molar-refractivity contribution in [2.75, 3.05) is 52.5 Å². The molecule has 1 heterocycles. The molecule has 0 unspecified atom stereocenters. The van der Waals surface area contributed by atoms with Crippen LogP contribution in [-0.2, 0) is 4.74 Å². The molecule has 2 N–H and O–H groups in total. The molecular weight excluding hydrogens is 288 g/mol. The molecule has 1 saturated heterocycles. The van der Waals surface area contributed by atoms with Gasteiger partial charge in [0, 0.05) is 32.7 Å². The van der Waals surface area contributed by atoms with Crippen molar-refractivity contribution in [1.82, 2.24) is 15.5 Å². The van der Waals surface area contributed by atoms with Crippen LogP contribution >= 0.6 is 0 Å². The maximum atomic E-state index is 5.39. The highest BCUT2D eigenvalue weighted by atomic mass is 16.5. The number of aliphatic imine (C=N–C) groups is 1. The number of hydrogen-bond donors (Lipinski definition) is 2. The lowest BCUT2D eigenvalue weighted by atomic mass is 9.67. The molecule has 0 aromatic rings. The van der Waals surface area contributed by atoms with Crippen molar-refractivity contribution in [2.45, 2.75) is 52.4 Å². The molecule has 0 spiro atoms. The zero-order chi connectivity index (χ0) is 16.4.